The smallest absolute Gasteiger partial charge is 0.307 e. The zero-order valence-corrected chi connectivity index (χ0v) is 10.5. The predicted molar refractivity (Wildman–Crippen MR) is 65.4 cm³/mol. The van der Waals surface area contributed by atoms with Gasteiger partial charge < -0.3 is 4.52 Å². The van der Waals surface area contributed by atoms with E-state index in [1.54, 1.807) is 6.26 Å². The van der Waals surface area contributed by atoms with Gasteiger partial charge in [0.2, 0.25) is 0 Å². The Bertz CT molecular complexity index is 568. The van der Waals surface area contributed by atoms with E-state index in [1.165, 1.54) is 28.3 Å². The molecule has 1 unspecified atom stereocenters. The first-order valence-electron chi connectivity index (χ1n) is 5.84. The molecule has 0 fully saturated rings. The topological polar surface area (TPSA) is 48.0 Å². The van der Waals surface area contributed by atoms with Gasteiger partial charge in [0.1, 0.15) is 12.0 Å². The molecule has 90 valence electrons. The zero-order chi connectivity index (χ0) is 11.8. The number of hydrogen-bond donors (Lipinski definition) is 0. The minimum Gasteiger partial charge on any atom is -0.364 e. The van der Waals surface area contributed by atoms with Gasteiger partial charge in [-0.2, -0.15) is 0 Å². The molecule has 2 heterocycles. The lowest BCUT2D eigenvalue weighted by molar-refractivity contribution is 0.408. The lowest BCUT2D eigenvalue weighted by atomic mass is 9.93. The number of rotatable bonds is 2. The van der Waals surface area contributed by atoms with Crippen molar-refractivity contribution in [3.05, 3.63) is 38.3 Å². The minimum absolute atomic E-state index is 0.132. The van der Waals surface area contributed by atoms with Crippen molar-refractivity contribution in [1.82, 2.24) is 9.72 Å². The van der Waals surface area contributed by atoms with E-state index >= 15 is 0 Å². The Hall–Kier alpha value is -1.36. The van der Waals surface area contributed by atoms with Gasteiger partial charge in [-0.15, -0.1) is 0 Å². The Morgan fingerprint density at radius 3 is 3.29 bits per heavy atom. The van der Waals surface area contributed by atoms with Crippen molar-refractivity contribution in [1.29, 1.82) is 0 Å². The molecule has 0 aromatic carbocycles. The van der Waals surface area contributed by atoms with Crippen LogP contribution in [0.15, 0.2) is 21.6 Å². The van der Waals surface area contributed by atoms with Crippen molar-refractivity contribution in [3.8, 4) is 0 Å². The SMILES string of the molecule is CC1CCc2c(sc(=O)n2Cc2ccon2)C1. The van der Waals surface area contributed by atoms with Crippen molar-refractivity contribution in [2.75, 3.05) is 0 Å². The molecule has 0 amide bonds. The van der Waals surface area contributed by atoms with Gasteiger partial charge >= 0.3 is 4.87 Å². The van der Waals surface area contributed by atoms with Crippen molar-refractivity contribution in [2.45, 2.75) is 32.7 Å². The van der Waals surface area contributed by atoms with Gasteiger partial charge in [-0.1, -0.05) is 23.4 Å². The van der Waals surface area contributed by atoms with E-state index in [-0.39, 0.29) is 4.87 Å². The third-order valence-corrected chi connectivity index (χ3v) is 4.34. The van der Waals surface area contributed by atoms with Gasteiger partial charge in [0.25, 0.3) is 0 Å². The summed E-state index contributed by atoms with van der Waals surface area (Å²) in [6.45, 7) is 2.78. The highest BCUT2D eigenvalue weighted by molar-refractivity contribution is 7.09. The van der Waals surface area contributed by atoms with E-state index in [4.69, 9.17) is 4.52 Å². The summed E-state index contributed by atoms with van der Waals surface area (Å²) >= 11 is 1.39. The maximum absolute atomic E-state index is 12.0. The largest absolute Gasteiger partial charge is 0.364 e. The second-order valence-corrected chi connectivity index (χ2v) is 5.71. The van der Waals surface area contributed by atoms with Crippen LogP contribution >= 0.6 is 11.3 Å². The highest BCUT2D eigenvalue weighted by atomic mass is 32.1. The summed E-state index contributed by atoms with van der Waals surface area (Å²) in [5.41, 5.74) is 2.02. The van der Waals surface area contributed by atoms with E-state index in [0.29, 0.717) is 12.5 Å². The highest BCUT2D eigenvalue weighted by Gasteiger charge is 2.22. The lowest BCUT2D eigenvalue weighted by Gasteiger charge is -2.18. The molecule has 0 N–H and O–H groups in total. The Balaban J connectivity index is 1.97. The minimum atomic E-state index is 0.132. The number of nitrogens with zero attached hydrogens (tertiary/aromatic N) is 2. The van der Waals surface area contributed by atoms with Gasteiger partial charge in [0.05, 0.1) is 6.54 Å². The number of thiazole rings is 1. The quantitative estimate of drug-likeness (QED) is 0.819. The van der Waals surface area contributed by atoms with Crippen molar-refractivity contribution in [2.24, 2.45) is 5.92 Å². The summed E-state index contributed by atoms with van der Waals surface area (Å²) in [5.74, 6) is 0.695. The first-order valence-corrected chi connectivity index (χ1v) is 6.66. The molecule has 1 aliphatic rings. The first-order chi connectivity index (χ1) is 8.24. The molecular formula is C12H14N2O2S. The molecule has 0 radical (unpaired) electrons. The van der Waals surface area contributed by atoms with Crippen LogP contribution in [-0.4, -0.2) is 9.72 Å². The Morgan fingerprint density at radius 2 is 2.53 bits per heavy atom. The predicted octanol–water partition coefficient (Wildman–Crippen LogP) is 2.07. The summed E-state index contributed by atoms with van der Waals surface area (Å²) in [4.78, 5) is 13.4. The Kier molecular flexibility index (Phi) is 2.63. The molecule has 2 aromatic rings. The number of aromatic nitrogens is 2. The van der Waals surface area contributed by atoms with E-state index in [2.05, 4.69) is 12.1 Å². The second kappa shape index (κ2) is 4.14. The van der Waals surface area contributed by atoms with Crippen LogP contribution in [0.1, 0.15) is 29.6 Å². The summed E-state index contributed by atoms with van der Waals surface area (Å²) in [6.07, 6.45) is 4.76. The molecule has 0 bridgehead atoms. The lowest BCUT2D eigenvalue weighted by Crippen LogP contribution is -2.19. The second-order valence-electron chi connectivity index (χ2n) is 4.66. The van der Waals surface area contributed by atoms with Crippen LogP contribution in [0.5, 0.6) is 0 Å². The average molecular weight is 250 g/mol. The van der Waals surface area contributed by atoms with Crippen molar-refractivity contribution >= 4 is 11.3 Å². The van der Waals surface area contributed by atoms with E-state index in [1.807, 2.05) is 10.6 Å². The average Bonchev–Trinajstić information content (AvgIpc) is 2.88. The summed E-state index contributed by atoms with van der Waals surface area (Å²) in [7, 11) is 0. The van der Waals surface area contributed by atoms with Crippen LogP contribution < -0.4 is 4.87 Å². The fourth-order valence-corrected chi connectivity index (χ4v) is 3.55. The van der Waals surface area contributed by atoms with E-state index < -0.39 is 0 Å². The molecule has 4 nitrogen and oxygen atoms in total. The fraction of sp³-hybridized carbons (Fsp3) is 0.500. The van der Waals surface area contributed by atoms with Gasteiger partial charge in [-0.3, -0.25) is 9.36 Å². The third-order valence-electron chi connectivity index (χ3n) is 3.30. The molecule has 0 saturated heterocycles. The van der Waals surface area contributed by atoms with Gasteiger partial charge in [0, 0.05) is 16.6 Å². The van der Waals surface area contributed by atoms with Gasteiger partial charge in [0.15, 0.2) is 0 Å². The van der Waals surface area contributed by atoms with Crippen LogP contribution in [0, 0.1) is 5.92 Å². The third kappa shape index (κ3) is 1.95. The normalized spacial score (nSPS) is 19.2. The molecule has 1 atom stereocenters. The number of hydrogen-bond acceptors (Lipinski definition) is 4. The van der Waals surface area contributed by atoms with E-state index in [0.717, 1.165) is 18.5 Å². The van der Waals surface area contributed by atoms with Crippen LogP contribution in [0.3, 0.4) is 0 Å². The summed E-state index contributed by atoms with van der Waals surface area (Å²) in [6, 6.07) is 1.81. The van der Waals surface area contributed by atoms with Crippen LogP contribution in [0.25, 0.3) is 0 Å². The van der Waals surface area contributed by atoms with Crippen LogP contribution in [-0.2, 0) is 19.4 Å². The molecule has 3 rings (SSSR count). The van der Waals surface area contributed by atoms with Crippen molar-refractivity contribution < 1.29 is 4.52 Å². The molecule has 0 spiro atoms. The first kappa shape index (κ1) is 10.8. The maximum Gasteiger partial charge on any atom is 0.307 e. The monoisotopic (exact) mass is 250 g/mol. The Morgan fingerprint density at radius 1 is 1.65 bits per heavy atom. The highest BCUT2D eigenvalue weighted by Crippen LogP contribution is 2.27. The molecular weight excluding hydrogens is 236 g/mol. The molecule has 2 aromatic heterocycles. The van der Waals surface area contributed by atoms with Crippen LogP contribution in [0.2, 0.25) is 0 Å². The molecule has 17 heavy (non-hydrogen) atoms. The molecule has 5 heteroatoms. The maximum atomic E-state index is 12.0. The van der Waals surface area contributed by atoms with Crippen LogP contribution in [0.4, 0.5) is 0 Å². The zero-order valence-electron chi connectivity index (χ0n) is 9.68. The molecule has 0 aliphatic heterocycles. The fourth-order valence-electron chi connectivity index (χ4n) is 2.36. The Labute approximate surface area is 103 Å². The van der Waals surface area contributed by atoms with Gasteiger partial charge in [-0.05, 0) is 25.2 Å². The standard InChI is InChI=1S/C12H14N2O2S/c1-8-2-3-10-11(6-8)17-12(15)14(10)7-9-4-5-16-13-9/h4-5,8H,2-3,6-7H2,1H3. The molecule has 0 saturated carbocycles. The number of fused-ring (bicyclic) bond motifs is 1. The van der Waals surface area contributed by atoms with Gasteiger partial charge in [-0.25, -0.2) is 0 Å². The van der Waals surface area contributed by atoms with E-state index in [9.17, 15) is 4.79 Å². The van der Waals surface area contributed by atoms with Crippen molar-refractivity contribution in [3.63, 3.8) is 0 Å². The molecule has 1 aliphatic carbocycles. The summed E-state index contributed by atoms with van der Waals surface area (Å²) in [5, 5.41) is 3.87. The summed E-state index contributed by atoms with van der Waals surface area (Å²) < 4.78 is 6.65.